The molecule has 34 heteroatoms. The minimum Gasteiger partial charge on any atom is -0.387 e. The van der Waals surface area contributed by atoms with Gasteiger partial charge in [-0.15, -0.1) is 0 Å². The van der Waals surface area contributed by atoms with E-state index < -0.39 is 116 Å². The summed E-state index contributed by atoms with van der Waals surface area (Å²) in [6.07, 6.45) is -12.9. The topological polar surface area (TPSA) is 441 Å². The molecule has 3 aromatic rings. The fourth-order valence-electron chi connectivity index (χ4n) is 4.82. The Balaban J connectivity index is 1.16. The van der Waals surface area contributed by atoms with Gasteiger partial charge in [-0.2, -0.15) is 17.5 Å². The first-order valence-electron chi connectivity index (χ1n) is 13.9. The minimum absolute atomic E-state index is 0.306. The van der Waals surface area contributed by atoms with Crippen molar-refractivity contribution in [3.8, 4) is 0 Å². The summed E-state index contributed by atoms with van der Waals surface area (Å²) in [5.41, 5.74) is -3.39. The summed E-state index contributed by atoms with van der Waals surface area (Å²) < 4.78 is 81.5. The standard InChI is InChI=1S/C19H24N8O22P4/c20-25-18-24-9-14(21-5-22-15(9)33)27(18)17-13(32)11(30)7(46-17)4-44-51(37,38)48-53(41,42)49-52(39,40)47-50(35,36)43-3-6-10(29)12(31)16(45-6)26-2-1-8(28)23-19(26)34/h1-2,5-7,10-13,16-17,29-32H,3-4H2,(H5-,21,22,23,28,33,34,35,36,37,38,39,40,41,42)/p+1/t6-,7-,10-,11-,12-,13-,16-,17-/m1/s1. The SMILES string of the molecule is N#[N+]c1nc2c(=O)[nH]cnc2n1[C@@H]1O[C@H](COP(=O)(O)OP(=O)(O)OP(=O)(O)OP(=O)(O)OC[C@H]2O[C@@H](n3ccc(=O)[nH]c3=O)[C@H](O)[C@@H]2O)[C@@H](O)[C@H]1O. The van der Waals surface area contributed by atoms with Crippen LogP contribution < -0.4 is 16.8 Å². The molecule has 10 N–H and O–H groups in total. The molecule has 2 fully saturated rings. The third-order valence-corrected chi connectivity index (χ3v) is 12.9. The van der Waals surface area contributed by atoms with Crippen LogP contribution in [0.2, 0.25) is 0 Å². The number of diazo groups is 1. The van der Waals surface area contributed by atoms with E-state index in [-0.39, 0.29) is 11.2 Å². The Kier molecular flexibility index (Phi) is 11.7. The number of hydrogen-bond acceptors (Lipinski definition) is 21. The van der Waals surface area contributed by atoms with Crippen molar-refractivity contribution >= 4 is 48.4 Å². The van der Waals surface area contributed by atoms with E-state index in [1.807, 2.05) is 4.98 Å². The number of nitrogens with one attached hydrogen (secondary N) is 2. The van der Waals surface area contributed by atoms with Gasteiger partial charge in [-0.3, -0.25) is 28.2 Å². The highest BCUT2D eigenvalue weighted by molar-refractivity contribution is 7.69. The molecule has 0 radical (unpaired) electrons. The predicted molar refractivity (Wildman–Crippen MR) is 161 cm³/mol. The summed E-state index contributed by atoms with van der Waals surface area (Å²) in [6.45, 7) is -2.47. The van der Waals surface area contributed by atoms with E-state index in [2.05, 4.69) is 41.9 Å². The van der Waals surface area contributed by atoms with Gasteiger partial charge >= 0.3 is 42.9 Å². The lowest BCUT2D eigenvalue weighted by molar-refractivity contribution is -0.0542. The lowest BCUT2D eigenvalue weighted by Crippen LogP contribution is -2.37. The number of phosphoric acid groups is 4. The van der Waals surface area contributed by atoms with E-state index in [9.17, 15) is 78.0 Å². The van der Waals surface area contributed by atoms with Crippen LogP contribution in [0.3, 0.4) is 0 Å². The van der Waals surface area contributed by atoms with E-state index in [0.29, 0.717) is 4.57 Å². The zero-order valence-electron chi connectivity index (χ0n) is 25.5. The number of phosphoric ester groups is 2. The van der Waals surface area contributed by atoms with Gasteiger partial charge in [0.15, 0.2) is 6.23 Å². The molecule has 0 saturated carbocycles. The third kappa shape index (κ3) is 9.19. The number of aromatic nitrogens is 6. The summed E-state index contributed by atoms with van der Waals surface area (Å²) in [5, 5.41) is 50.6. The van der Waals surface area contributed by atoms with E-state index in [1.54, 1.807) is 0 Å². The van der Waals surface area contributed by atoms with Crippen LogP contribution in [-0.4, -0.2) is 119 Å². The molecule has 2 saturated heterocycles. The summed E-state index contributed by atoms with van der Waals surface area (Å²) in [4.78, 5) is 89.1. The second-order valence-electron chi connectivity index (χ2n) is 10.6. The number of fused-ring (bicyclic) bond motifs is 1. The van der Waals surface area contributed by atoms with Gasteiger partial charge in [0.1, 0.15) is 36.6 Å². The highest BCUT2D eigenvalue weighted by atomic mass is 31.3. The van der Waals surface area contributed by atoms with Gasteiger partial charge < -0.3 is 54.5 Å². The summed E-state index contributed by atoms with van der Waals surface area (Å²) in [5.74, 6) is -0.637. The number of H-pyrrole nitrogens is 2. The van der Waals surface area contributed by atoms with Crippen molar-refractivity contribution in [3.05, 3.63) is 54.8 Å². The molecular weight excluding hydrogens is 816 g/mol. The van der Waals surface area contributed by atoms with Gasteiger partial charge in [-0.1, -0.05) is 0 Å². The van der Waals surface area contributed by atoms with Crippen LogP contribution in [0.1, 0.15) is 12.5 Å². The van der Waals surface area contributed by atoms with Crippen LogP contribution in [0.25, 0.3) is 16.1 Å². The fourth-order valence-corrected chi connectivity index (χ4v) is 9.77. The molecule has 3 aromatic heterocycles. The molecule has 0 bridgehead atoms. The average Bonchev–Trinajstić information content (AvgIpc) is 3.64. The number of nitrogens with zero attached hydrogens (tertiary/aromatic N) is 6. The van der Waals surface area contributed by atoms with E-state index in [0.717, 1.165) is 23.2 Å². The number of imidazole rings is 1. The largest absolute Gasteiger partial charge is 0.532 e. The molecule has 0 amide bonds. The molecular formula is C19H25N8O22P4+. The molecule has 5 rings (SSSR count). The van der Waals surface area contributed by atoms with Crippen molar-refractivity contribution in [1.29, 1.82) is 5.39 Å². The van der Waals surface area contributed by atoms with Crippen molar-refractivity contribution in [2.24, 2.45) is 0 Å². The lowest BCUT2D eigenvalue weighted by atomic mass is 10.1. The number of hydrogen-bond donors (Lipinski definition) is 10. The van der Waals surface area contributed by atoms with E-state index in [4.69, 9.17) is 9.47 Å². The van der Waals surface area contributed by atoms with Gasteiger partial charge in [0, 0.05) is 12.3 Å². The number of ether oxygens (including phenoxy) is 2. The molecule has 2 aliphatic heterocycles. The third-order valence-electron chi connectivity index (χ3n) is 7.03. The van der Waals surface area contributed by atoms with Crippen LogP contribution in [-0.2, 0) is 49.7 Å². The van der Waals surface area contributed by atoms with Crippen LogP contribution in [0, 0.1) is 5.39 Å². The number of aliphatic hydroxyl groups excluding tert-OH is 4. The molecule has 2 aliphatic rings. The van der Waals surface area contributed by atoms with Crippen LogP contribution in [0.5, 0.6) is 0 Å². The van der Waals surface area contributed by atoms with Crippen molar-refractivity contribution < 1.29 is 89.7 Å². The summed E-state index contributed by atoms with van der Waals surface area (Å²) in [7, 11) is -24.3. The zero-order valence-corrected chi connectivity index (χ0v) is 29.1. The maximum atomic E-state index is 12.4. The number of rotatable bonds is 14. The Labute approximate surface area is 289 Å². The quantitative estimate of drug-likeness (QED) is 0.0567. The van der Waals surface area contributed by atoms with E-state index in [1.165, 1.54) is 0 Å². The van der Waals surface area contributed by atoms with Gasteiger partial charge in [0.05, 0.1) is 24.9 Å². The second kappa shape index (κ2) is 15.1. The van der Waals surface area contributed by atoms with Crippen molar-refractivity contribution in [2.45, 2.75) is 49.1 Å². The Hall–Kier alpha value is -3.23. The highest BCUT2D eigenvalue weighted by Gasteiger charge is 2.51. The molecule has 53 heavy (non-hydrogen) atoms. The number of aliphatic hydroxyl groups is 4. The predicted octanol–water partition coefficient (Wildman–Crippen LogP) is -3.12. The van der Waals surface area contributed by atoms with Gasteiger partial charge in [-0.25, -0.2) is 28.0 Å². The van der Waals surface area contributed by atoms with Crippen LogP contribution in [0.15, 0.2) is 33.0 Å². The molecule has 0 spiro atoms. The average molecular weight is 841 g/mol. The van der Waals surface area contributed by atoms with Gasteiger partial charge in [0.25, 0.3) is 16.6 Å². The first-order valence-corrected chi connectivity index (χ1v) is 19.9. The molecule has 0 aliphatic carbocycles. The molecule has 30 nitrogen and oxygen atoms in total. The first-order chi connectivity index (χ1) is 24.5. The van der Waals surface area contributed by atoms with Crippen LogP contribution in [0.4, 0.5) is 5.95 Å². The molecule has 4 unspecified atom stereocenters. The molecule has 5 heterocycles. The van der Waals surface area contributed by atoms with Gasteiger partial charge in [0.2, 0.25) is 11.9 Å². The summed E-state index contributed by atoms with van der Waals surface area (Å²) in [6, 6.07) is 0.864. The second-order valence-corrected chi connectivity index (χ2v) is 16.8. The first kappa shape index (κ1) is 40.9. The Bertz CT molecular complexity index is 2290. The Morgan fingerprint density at radius 3 is 1.85 bits per heavy atom. The van der Waals surface area contributed by atoms with Gasteiger partial charge in [-0.05, 0) is 9.96 Å². The Morgan fingerprint density at radius 2 is 1.32 bits per heavy atom. The zero-order chi connectivity index (χ0) is 39.3. The summed E-state index contributed by atoms with van der Waals surface area (Å²) >= 11 is 0. The Morgan fingerprint density at radius 1 is 0.811 bits per heavy atom. The van der Waals surface area contributed by atoms with Crippen molar-refractivity contribution in [3.63, 3.8) is 0 Å². The molecule has 292 valence electrons. The lowest BCUT2D eigenvalue weighted by Gasteiger charge is -2.21. The normalized spacial score (nSPS) is 30.6. The monoisotopic (exact) mass is 841 g/mol. The smallest absolute Gasteiger partial charge is 0.387 e. The highest BCUT2D eigenvalue weighted by Crippen LogP contribution is 2.71. The van der Waals surface area contributed by atoms with Crippen molar-refractivity contribution in [2.75, 3.05) is 13.2 Å². The van der Waals surface area contributed by atoms with Crippen molar-refractivity contribution in [1.82, 2.24) is 29.1 Å². The molecule has 0 aromatic carbocycles. The fraction of sp³-hybridized carbons (Fsp3) is 0.526. The maximum Gasteiger partial charge on any atom is 0.532 e. The van der Waals surface area contributed by atoms with Crippen LogP contribution >= 0.6 is 31.3 Å². The van der Waals surface area contributed by atoms with E-state index >= 15 is 0 Å². The molecule has 12 atom stereocenters. The number of aromatic amines is 2. The maximum absolute atomic E-state index is 12.4. The minimum atomic E-state index is -6.28.